The predicted octanol–water partition coefficient (Wildman–Crippen LogP) is 3.36. The van der Waals surface area contributed by atoms with Crippen LogP contribution in [0.15, 0.2) is 30.6 Å². The Balaban J connectivity index is 1.88. The van der Waals surface area contributed by atoms with Crippen LogP contribution >= 0.6 is 22.9 Å². The van der Waals surface area contributed by atoms with Crippen molar-refractivity contribution in [2.45, 2.75) is 6.54 Å². The van der Waals surface area contributed by atoms with Gasteiger partial charge in [-0.05, 0) is 18.2 Å². The zero-order chi connectivity index (χ0) is 13.9. The van der Waals surface area contributed by atoms with E-state index in [0.717, 1.165) is 15.3 Å². The minimum absolute atomic E-state index is 0.514. The fraction of sp³-hybridized carbons (Fsp3) is 0.154. The molecule has 5 nitrogen and oxygen atoms in total. The number of ether oxygens (including phenoxy) is 1. The molecule has 0 bridgehead atoms. The van der Waals surface area contributed by atoms with Crippen LogP contribution in [0.1, 0.15) is 5.82 Å². The van der Waals surface area contributed by atoms with Crippen molar-refractivity contribution in [1.82, 2.24) is 15.0 Å². The van der Waals surface area contributed by atoms with Gasteiger partial charge < -0.3 is 10.1 Å². The van der Waals surface area contributed by atoms with E-state index < -0.39 is 0 Å². The second-order valence-electron chi connectivity index (χ2n) is 3.96. The molecule has 0 aliphatic heterocycles. The van der Waals surface area contributed by atoms with Crippen molar-refractivity contribution in [3.05, 3.63) is 41.4 Å². The molecular weight excluding hydrogens is 296 g/mol. The Labute approximate surface area is 124 Å². The molecule has 0 aliphatic carbocycles. The number of benzene rings is 1. The molecule has 2 aromatic heterocycles. The molecule has 1 aromatic carbocycles. The van der Waals surface area contributed by atoms with Gasteiger partial charge in [0.25, 0.3) is 0 Å². The van der Waals surface area contributed by atoms with Gasteiger partial charge in [0.2, 0.25) is 0 Å². The Morgan fingerprint density at radius 2 is 2.10 bits per heavy atom. The Bertz CT molecular complexity index is 732. The third-order valence-electron chi connectivity index (χ3n) is 2.70. The van der Waals surface area contributed by atoms with Crippen molar-refractivity contribution in [2.24, 2.45) is 0 Å². The van der Waals surface area contributed by atoms with Crippen LogP contribution in [0.4, 0.5) is 5.13 Å². The van der Waals surface area contributed by atoms with E-state index in [1.165, 1.54) is 11.3 Å². The SMILES string of the molecule is COc1ccc(Cl)c2sc(NCc3ncccn3)nc12. The highest BCUT2D eigenvalue weighted by Gasteiger charge is 2.12. The molecule has 20 heavy (non-hydrogen) atoms. The fourth-order valence-electron chi connectivity index (χ4n) is 1.77. The van der Waals surface area contributed by atoms with Gasteiger partial charge in [0, 0.05) is 12.4 Å². The Morgan fingerprint density at radius 3 is 2.85 bits per heavy atom. The first-order valence-electron chi connectivity index (χ1n) is 5.90. The standard InChI is InChI=1S/C13H11ClN4OS/c1-19-9-4-3-8(14)12-11(9)18-13(20-12)17-7-10-15-5-2-6-16-10/h2-6H,7H2,1H3,(H,17,18). The molecule has 3 aromatic rings. The summed E-state index contributed by atoms with van der Waals surface area (Å²) in [7, 11) is 1.62. The van der Waals surface area contributed by atoms with Gasteiger partial charge in [0.05, 0.1) is 23.4 Å². The third kappa shape index (κ3) is 2.52. The van der Waals surface area contributed by atoms with E-state index >= 15 is 0 Å². The second kappa shape index (κ2) is 5.60. The largest absolute Gasteiger partial charge is 0.494 e. The van der Waals surface area contributed by atoms with Gasteiger partial charge in [-0.3, -0.25) is 0 Å². The quantitative estimate of drug-likeness (QED) is 0.801. The zero-order valence-electron chi connectivity index (χ0n) is 10.6. The van der Waals surface area contributed by atoms with E-state index in [2.05, 4.69) is 20.3 Å². The lowest BCUT2D eigenvalue weighted by molar-refractivity contribution is 0.419. The summed E-state index contributed by atoms with van der Waals surface area (Å²) in [5.74, 6) is 1.43. The number of hydrogen-bond donors (Lipinski definition) is 1. The minimum atomic E-state index is 0.514. The highest BCUT2D eigenvalue weighted by Crippen LogP contribution is 2.37. The topological polar surface area (TPSA) is 59.9 Å². The monoisotopic (exact) mass is 306 g/mol. The number of aromatic nitrogens is 3. The number of anilines is 1. The number of hydrogen-bond acceptors (Lipinski definition) is 6. The van der Waals surface area contributed by atoms with Crippen molar-refractivity contribution in [1.29, 1.82) is 0 Å². The average Bonchev–Trinajstić information content (AvgIpc) is 2.92. The van der Waals surface area contributed by atoms with Crippen molar-refractivity contribution < 1.29 is 4.74 Å². The van der Waals surface area contributed by atoms with Crippen LogP contribution in [-0.2, 0) is 6.54 Å². The molecule has 0 saturated carbocycles. The van der Waals surface area contributed by atoms with Crippen LogP contribution in [-0.4, -0.2) is 22.1 Å². The maximum Gasteiger partial charge on any atom is 0.184 e. The highest BCUT2D eigenvalue weighted by molar-refractivity contribution is 7.22. The number of nitrogens with zero attached hydrogens (tertiary/aromatic N) is 3. The van der Waals surface area contributed by atoms with E-state index in [9.17, 15) is 0 Å². The molecule has 0 unspecified atom stereocenters. The van der Waals surface area contributed by atoms with Crippen LogP contribution in [0.25, 0.3) is 10.2 Å². The van der Waals surface area contributed by atoms with Gasteiger partial charge >= 0.3 is 0 Å². The van der Waals surface area contributed by atoms with Gasteiger partial charge in [-0.1, -0.05) is 22.9 Å². The number of fused-ring (bicyclic) bond motifs is 1. The fourth-order valence-corrected chi connectivity index (χ4v) is 2.92. The molecule has 0 fully saturated rings. The summed E-state index contributed by atoms with van der Waals surface area (Å²) in [6.45, 7) is 0.514. The van der Waals surface area contributed by atoms with Crippen molar-refractivity contribution in [3.8, 4) is 5.75 Å². The summed E-state index contributed by atoms with van der Waals surface area (Å²) in [6.07, 6.45) is 3.42. The molecule has 0 saturated heterocycles. The normalized spacial score (nSPS) is 10.7. The summed E-state index contributed by atoms with van der Waals surface area (Å²) in [4.78, 5) is 12.8. The van der Waals surface area contributed by atoms with Crippen LogP contribution in [0.2, 0.25) is 5.02 Å². The summed E-state index contributed by atoms with van der Waals surface area (Å²) < 4.78 is 6.20. The number of rotatable bonds is 4. The van der Waals surface area contributed by atoms with Crippen molar-refractivity contribution in [2.75, 3.05) is 12.4 Å². The van der Waals surface area contributed by atoms with Crippen LogP contribution in [0, 0.1) is 0 Å². The summed E-state index contributed by atoms with van der Waals surface area (Å²) in [5.41, 5.74) is 0.765. The first-order chi connectivity index (χ1) is 9.78. The van der Waals surface area contributed by atoms with Gasteiger partial charge in [0.15, 0.2) is 5.13 Å². The lowest BCUT2D eigenvalue weighted by atomic mass is 10.3. The smallest absolute Gasteiger partial charge is 0.184 e. The predicted molar refractivity (Wildman–Crippen MR) is 80.5 cm³/mol. The van der Waals surface area contributed by atoms with Gasteiger partial charge in [-0.25, -0.2) is 15.0 Å². The lowest BCUT2D eigenvalue weighted by Crippen LogP contribution is -2.02. The number of thiazole rings is 1. The van der Waals surface area contributed by atoms with Gasteiger partial charge in [0.1, 0.15) is 17.1 Å². The molecular formula is C13H11ClN4OS. The molecule has 2 heterocycles. The van der Waals surface area contributed by atoms with E-state index in [-0.39, 0.29) is 0 Å². The number of methoxy groups -OCH3 is 1. The second-order valence-corrected chi connectivity index (χ2v) is 5.37. The van der Waals surface area contributed by atoms with Gasteiger partial charge in [-0.2, -0.15) is 0 Å². The van der Waals surface area contributed by atoms with Crippen molar-refractivity contribution >= 4 is 38.3 Å². The summed E-state index contributed by atoms with van der Waals surface area (Å²) in [5, 5.41) is 4.63. The molecule has 0 amide bonds. The minimum Gasteiger partial charge on any atom is -0.494 e. The molecule has 1 N–H and O–H groups in total. The summed E-state index contributed by atoms with van der Waals surface area (Å²) in [6, 6.07) is 5.41. The van der Waals surface area contributed by atoms with Crippen LogP contribution < -0.4 is 10.1 Å². The first-order valence-corrected chi connectivity index (χ1v) is 7.10. The number of halogens is 1. The molecule has 0 spiro atoms. The first kappa shape index (κ1) is 13.1. The van der Waals surface area contributed by atoms with E-state index in [1.807, 2.05) is 12.1 Å². The molecule has 0 atom stereocenters. The Hall–Kier alpha value is -1.92. The molecule has 102 valence electrons. The molecule has 7 heteroatoms. The van der Waals surface area contributed by atoms with Crippen molar-refractivity contribution in [3.63, 3.8) is 0 Å². The number of nitrogens with one attached hydrogen (secondary N) is 1. The summed E-state index contributed by atoms with van der Waals surface area (Å²) >= 11 is 7.66. The average molecular weight is 307 g/mol. The highest BCUT2D eigenvalue weighted by atomic mass is 35.5. The molecule has 3 rings (SSSR count). The zero-order valence-corrected chi connectivity index (χ0v) is 12.2. The third-order valence-corrected chi connectivity index (χ3v) is 4.17. The van der Waals surface area contributed by atoms with Crippen LogP contribution in [0.5, 0.6) is 5.75 Å². The van der Waals surface area contributed by atoms with E-state index in [0.29, 0.717) is 23.1 Å². The molecule has 0 aliphatic rings. The Kier molecular flexibility index (Phi) is 3.66. The maximum atomic E-state index is 6.18. The van der Waals surface area contributed by atoms with E-state index in [1.54, 1.807) is 25.6 Å². The Morgan fingerprint density at radius 1 is 1.30 bits per heavy atom. The lowest BCUT2D eigenvalue weighted by Gasteiger charge is -2.00. The molecule has 0 radical (unpaired) electrons. The van der Waals surface area contributed by atoms with E-state index in [4.69, 9.17) is 16.3 Å². The maximum absolute atomic E-state index is 6.18. The van der Waals surface area contributed by atoms with Gasteiger partial charge in [-0.15, -0.1) is 0 Å². The van der Waals surface area contributed by atoms with Crippen LogP contribution in [0.3, 0.4) is 0 Å².